The summed E-state index contributed by atoms with van der Waals surface area (Å²) in [4.78, 5) is 19.1. The molecule has 37 heavy (non-hydrogen) atoms. The summed E-state index contributed by atoms with van der Waals surface area (Å²) in [6.45, 7) is 4.84. The highest BCUT2D eigenvalue weighted by Crippen LogP contribution is 2.39. The SMILES string of the molecule is C[C@H](Nc1nc(Nc2cc(C3CC3)[nH]n2)c(F)cc1CNC(=O)CN1CCOCC1)c1ccc(F)cc1. The highest BCUT2D eigenvalue weighted by molar-refractivity contribution is 5.78. The Kier molecular flexibility index (Phi) is 7.61. The van der Waals surface area contributed by atoms with Crippen LogP contribution >= 0.6 is 0 Å². The molecule has 0 unspecified atom stereocenters. The number of H-pyrrole nitrogens is 1. The molecule has 2 aliphatic rings. The second kappa shape index (κ2) is 11.2. The van der Waals surface area contributed by atoms with E-state index in [1.54, 1.807) is 12.1 Å². The number of benzene rings is 1. The number of rotatable bonds is 10. The quantitative estimate of drug-likeness (QED) is 0.328. The van der Waals surface area contributed by atoms with Gasteiger partial charge in [-0.2, -0.15) is 5.10 Å². The number of hydrogen-bond acceptors (Lipinski definition) is 7. The summed E-state index contributed by atoms with van der Waals surface area (Å²) in [6, 6.07) is 9.12. The summed E-state index contributed by atoms with van der Waals surface area (Å²) >= 11 is 0. The Balaban J connectivity index is 1.33. The van der Waals surface area contributed by atoms with Crippen LogP contribution in [0.1, 0.15) is 48.5 Å². The largest absolute Gasteiger partial charge is 0.379 e. The first-order chi connectivity index (χ1) is 17.9. The van der Waals surface area contributed by atoms with Crippen molar-refractivity contribution < 1.29 is 18.3 Å². The Labute approximate surface area is 214 Å². The van der Waals surface area contributed by atoms with Crippen molar-refractivity contribution in [2.45, 2.75) is 38.3 Å². The van der Waals surface area contributed by atoms with E-state index in [1.807, 2.05) is 17.9 Å². The normalized spacial score (nSPS) is 16.8. The van der Waals surface area contributed by atoms with Crippen molar-refractivity contribution >= 4 is 23.4 Å². The van der Waals surface area contributed by atoms with Gasteiger partial charge in [-0.3, -0.25) is 14.8 Å². The second-order valence-corrected chi connectivity index (χ2v) is 9.52. The van der Waals surface area contributed by atoms with Crippen molar-refractivity contribution in [3.05, 3.63) is 64.9 Å². The predicted octanol–water partition coefficient (Wildman–Crippen LogP) is 3.83. The maximum Gasteiger partial charge on any atom is 0.234 e. The Morgan fingerprint density at radius 1 is 1.16 bits per heavy atom. The number of morpholine rings is 1. The molecule has 9 nitrogen and oxygen atoms in total. The molecule has 0 radical (unpaired) electrons. The maximum atomic E-state index is 15.1. The number of ether oxygens (including phenoxy) is 1. The van der Waals surface area contributed by atoms with E-state index >= 15 is 4.39 Å². The number of halogens is 2. The van der Waals surface area contributed by atoms with E-state index in [2.05, 4.69) is 31.1 Å². The zero-order chi connectivity index (χ0) is 25.8. The van der Waals surface area contributed by atoms with Gasteiger partial charge in [0.05, 0.1) is 19.8 Å². The Morgan fingerprint density at radius 2 is 1.92 bits per heavy atom. The van der Waals surface area contributed by atoms with Gasteiger partial charge in [0.1, 0.15) is 11.6 Å². The number of amides is 1. The number of carbonyl (C=O) groups is 1. The van der Waals surface area contributed by atoms with E-state index in [-0.39, 0.29) is 36.7 Å². The lowest BCUT2D eigenvalue weighted by molar-refractivity contribution is -0.123. The summed E-state index contributed by atoms with van der Waals surface area (Å²) in [7, 11) is 0. The summed E-state index contributed by atoms with van der Waals surface area (Å²) < 4.78 is 33.9. The summed E-state index contributed by atoms with van der Waals surface area (Å²) in [6.07, 6.45) is 2.24. The lowest BCUT2D eigenvalue weighted by Gasteiger charge is -2.26. The van der Waals surface area contributed by atoms with Gasteiger partial charge in [0.15, 0.2) is 17.5 Å². The molecule has 196 valence electrons. The lowest BCUT2D eigenvalue weighted by Crippen LogP contribution is -2.43. The smallest absolute Gasteiger partial charge is 0.234 e. The fourth-order valence-electron chi connectivity index (χ4n) is 4.25. The number of pyridine rings is 1. The highest BCUT2D eigenvalue weighted by atomic mass is 19.1. The second-order valence-electron chi connectivity index (χ2n) is 9.52. The number of nitrogens with one attached hydrogen (secondary N) is 4. The topological polar surface area (TPSA) is 107 Å². The number of anilines is 3. The highest BCUT2D eigenvalue weighted by Gasteiger charge is 2.26. The van der Waals surface area contributed by atoms with Crippen molar-refractivity contribution in [3.8, 4) is 0 Å². The molecule has 2 fully saturated rings. The van der Waals surface area contributed by atoms with Crippen LogP contribution in [0, 0.1) is 11.6 Å². The van der Waals surface area contributed by atoms with Gasteiger partial charge in [-0.15, -0.1) is 0 Å². The van der Waals surface area contributed by atoms with E-state index in [0.29, 0.717) is 49.4 Å². The van der Waals surface area contributed by atoms with Crippen LogP contribution in [0.5, 0.6) is 0 Å². The average Bonchev–Trinajstić information content (AvgIpc) is 3.64. The van der Waals surface area contributed by atoms with Crippen molar-refractivity contribution in [2.75, 3.05) is 43.5 Å². The van der Waals surface area contributed by atoms with Gasteiger partial charge in [-0.25, -0.2) is 13.8 Å². The maximum absolute atomic E-state index is 15.1. The van der Waals surface area contributed by atoms with Crippen LogP contribution in [-0.4, -0.2) is 58.8 Å². The molecule has 0 bridgehead atoms. The number of aromatic nitrogens is 3. The third kappa shape index (κ3) is 6.60. The minimum Gasteiger partial charge on any atom is -0.379 e. The van der Waals surface area contributed by atoms with E-state index < -0.39 is 5.82 Å². The van der Waals surface area contributed by atoms with E-state index in [1.165, 1.54) is 18.2 Å². The number of carbonyl (C=O) groups excluding carboxylic acids is 1. The van der Waals surface area contributed by atoms with E-state index in [0.717, 1.165) is 24.1 Å². The minimum absolute atomic E-state index is 0.0195. The number of aromatic amines is 1. The molecule has 1 saturated carbocycles. The zero-order valence-electron chi connectivity index (χ0n) is 20.7. The van der Waals surface area contributed by atoms with Gasteiger partial charge in [-0.1, -0.05) is 12.1 Å². The van der Waals surface area contributed by atoms with Crippen LogP contribution in [0.25, 0.3) is 0 Å². The molecule has 4 N–H and O–H groups in total. The first-order valence-corrected chi connectivity index (χ1v) is 12.5. The molecule has 5 rings (SSSR count). The van der Waals surface area contributed by atoms with Gasteiger partial charge in [0.25, 0.3) is 0 Å². The fraction of sp³-hybridized carbons (Fsp3) is 0.423. The monoisotopic (exact) mass is 511 g/mol. The molecule has 3 aromatic rings. The third-order valence-electron chi connectivity index (χ3n) is 6.59. The molecular formula is C26H31F2N7O2. The summed E-state index contributed by atoms with van der Waals surface area (Å²) in [5.41, 5.74) is 2.35. The Bertz CT molecular complexity index is 1220. The van der Waals surface area contributed by atoms with E-state index in [9.17, 15) is 9.18 Å². The van der Waals surface area contributed by atoms with Crippen LogP contribution in [0.3, 0.4) is 0 Å². The first kappa shape index (κ1) is 25.1. The van der Waals surface area contributed by atoms with Crippen molar-refractivity contribution in [3.63, 3.8) is 0 Å². The molecule has 11 heteroatoms. The van der Waals surface area contributed by atoms with E-state index in [4.69, 9.17) is 4.74 Å². The molecule has 1 amide bonds. The van der Waals surface area contributed by atoms with Crippen LogP contribution in [0.4, 0.5) is 26.2 Å². The van der Waals surface area contributed by atoms with Gasteiger partial charge in [0, 0.05) is 48.9 Å². The van der Waals surface area contributed by atoms with Crippen LogP contribution in [0.2, 0.25) is 0 Å². The Hall–Kier alpha value is -3.57. The predicted molar refractivity (Wildman–Crippen MR) is 136 cm³/mol. The summed E-state index contributed by atoms with van der Waals surface area (Å²) in [5, 5.41) is 16.3. The molecule has 1 aliphatic carbocycles. The lowest BCUT2D eigenvalue weighted by atomic mass is 10.1. The van der Waals surface area contributed by atoms with Crippen LogP contribution < -0.4 is 16.0 Å². The molecule has 1 saturated heterocycles. The first-order valence-electron chi connectivity index (χ1n) is 12.5. The van der Waals surface area contributed by atoms with Crippen molar-refractivity contribution in [1.82, 2.24) is 25.4 Å². The van der Waals surface area contributed by atoms with Gasteiger partial charge in [0.2, 0.25) is 5.91 Å². The zero-order valence-corrected chi connectivity index (χ0v) is 20.7. The third-order valence-corrected chi connectivity index (χ3v) is 6.59. The Morgan fingerprint density at radius 3 is 2.65 bits per heavy atom. The molecule has 2 aromatic heterocycles. The molecule has 1 atom stereocenters. The van der Waals surface area contributed by atoms with Gasteiger partial charge < -0.3 is 20.7 Å². The molecule has 0 spiro atoms. The minimum atomic E-state index is -0.562. The fourth-order valence-corrected chi connectivity index (χ4v) is 4.25. The van der Waals surface area contributed by atoms with Gasteiger partial charge >= 0.3 is 0 Å². The van der Waals surface area contributed by atoms with Crippen molar-refractivity contribution in [2.24, 2.45) is 0 Å². The molecule has 1 aliphatic heterocycles. The number of nitrogens with zero attached hydrogens (tertiary/aromatic N) is 3. The molecule has 3 heterocycles. The molecule has 1 aromatic carbocycles. The van der Waals surface area contributed by atoms with Crippen LogP contribution in [-0.2, 0) is 16.1 Å². The average molecular weight is 512 g/mol. The standard InChI is InChI=1S/C26H31F2N7O2/c1-16(17-4-6-20(27)7-5-17)30-25-19(14-29-24(36)15-35-8-10-37-11-9-35)12-21(28)26(32-25)31-23-13-22(33-34-23)18-2-3-18/h4-7,12-13,16,18H,2-3,8-11,14-15H2,1H3,(H,29,36)(H3,30,31,32,33,34)/t16-/m0/s1. The van der Waals surface area contributed by atoms with Gasteiger partial charge in [-0.05, 0) is 43.5 Å². The number of hydrogen-bond donors (Lipinski definition) is 4. The van der Waals surface area contributed by atoms with Crippen molar-refractivity contribution in [1.29, 1.82) is 0 Å². The summed E-state index contributed by atoms with van der Waals surface area (Å²) in [5.74, 6) is 0.349. The molecular weight excluding hydrogens is 480 g/mol. The van der Waals surface area contributed by atoms with Crippen LogP contribution in [0.15, 0.2) is 36.4 Å².